The standard InChI is InChI=1S/C19H20N2O2/c22-19(23)16-6-8-17(9-7-16)20-14-15-4-10-18(11-5-15)21-12-2-1-3-13-21/h4-11,14H,1-3,12-13H2,(H,22,23). The van der Waals surface area contributed by atoms with Gasteiger partial charge in [-0.3, -0.25) is 4.99 Å². The molecule has 2 aromatic carbocycles. The van der Waals surface area contributed by atoms with Crippen LogP contribution in [0.1, 0.15) is 35.2 Å². The number of benzene rings is 2. The number of nitrogens with zero attached hydrogens (tertiary/aromatic N) is 2. The molecule has 0 radical (unpaired) electrons. The molecular weight excluding hydrogens is 288 g/mol. The van der Waals surface area contributed by atoms with E-state index in [0.29, 0.717) is 0 Å². The van der Waals surface area contributed by atoms with Crippen LogP contribution in [0.4, 0.5) is 11.4 Å². The Morgan fingerprint density at radius 2 is 1.61 bits per heavy atom. The fraction of sp³-hybridized carbons (Fsp3) is 0.263. The lowest BCUT2D eigenvalue weighted by atomic mass is 10.1. The van der Waals surface area contributed by atoms with Crippen molar-refractivity contribution in [3.8, 4) is 0 Å². The second-order valence-corrected chi connectivity index (χ2v) is 5.75. The molecule has 0 saturated carbocycles. The Morgan fingerprint density at radius 3 is 2.22 bits per heavy atom. The summed E-state index contributed by atoms with van der Waals surface area (Å²) in [5.41, 5.74) is 3.32. The van der Waals surface area contributed by atoms with Gasteiger partial charge in [-0.15, -0.1) is 0 Å². The number of rotatable bonds is 4. The smallest absolute Gasteiger partial charge is 0.335 e. The molecule has 2 aromatic rings. The fourth-order valence-corrected chi connectivity index (χ4v) is 2.76. The van der Waals surface area contributed by atoms with Gasteiger partial charge >= 0.3 is 5.97 Å². The van der Waals surface area contributed by atoms with Crippen molar-refractivity contribution in [3.63, 3.8) is 0 Å². The van der Waals surface area contributed by atoms with Crippen molar-refractivity contribution in [3.05, 3.63) is 59.7 Å². The Labute approximate surface area is 136 Å². The Bertz CT molecular complexity index is 684. The third kappa shape index (κ3) is 3.97. The van der Waals surface area contributed by atoms with E-state index in [1.165, 1.54) is 24.9 Å². The third-order valence-corrected chi connectivity index (χ3v) is 4.09. The zero-order chi connectivity index (χ0) is 16.1. The highest BCUT2D eigenvalue weighted by Gasteiger charge is 2.10. The molecule has 23 heavy (non-hydrogen) atoms. The van der Waals surface area contributed by atoms with E-state index in [9.17, 15) is 4.79 Å². The summed E-state index contributed by atoms with van der Waals surface area (Å²) < 4.78 is 0. The molecule has 1 aliphatic rings. The number of carboxylic acids is 1. The summed E-state index contributed by atoms with van der Waals surface area (Å²) >= 11 is 0. The van der Waals surface area contributed by atoms with Gasteiger partial charge < -0.3 is 10.0 Å². The van der Waals surface area contributed by atoms with Crippen LogP contribution in [0, 0.1) is 0 Å². The molecule has 0 aromatic heterocycles. The molecule has 1 N–H and O–H groups in total. The molecule has 0 bridgehead atoms. The van der Waals surface area contributed by atoms with Crippen LogP contribution in [0.15, 0.2) is 53.5 Å². The maximum Gasteiger partial charge on any atom is 0.335 e. The Morgan fingerprint density at radius 1 is 0.957 bits per heavy atom. The molecule has 0 atom stereocenters. The molecule has 1 heterocycles. The first-order chi connectivity index (χ1) is 11.2. The molecule has 1 aliphatic heterocycles. The Hall–Kier alpha value is -2.62. The van der Waals surface area contributed by atoms with Crippen molar-refractivity contribution < 1.29 is 9.90 Å². The predicted octanol–water partition coefficient (Wildman–Crippen LogP) is 4.13. The van der Waals surface area contributed by atoms with Gasteiger partial charge in [0, 0.05) is 25.0 Å². The number of carbonyl (C=O) groups is 1. The van der Waals surface area contributed by atoms with Crippen LogP contribution in [0.5, 0.6) is 0 Å². The monoisotopic (exact) mass is 308 g/mol. The molecule has 118 valence electrons. The quantitative estimate of drug-likeness (QED) is 0.864. The largest absolute Gasteiger partial charge is 0.478 e. The van der Waals surface area contributed by atoms with Gasteiger partial charge in [0.25, 0.3) is 0 Å². The number of hydrogen-bond donors (Lipinski definition) is 1. The average Bonchev–Trinajstić information content (AvgIpc) is 2.61. The van der Waals surface area contributed by atoms with E-state index in [0.717, 1.165) is 24.3 Å². The SMILES string of the molecule is O=C(O)c1ccc(N=Cc2ccc(N3CCCCC3)cc2)cc1. The highest BCUT2D eigenvalue weighted by Crippen LogP contribution is 2.20. The molecule has 1 saturated heterocycles. The minimum Gasteiger partial charge on any atom is -0.478 e. The van der Waals surface area contributed by atoms with Crippen LogP contribution in [-0.4, -0.2) is 30.4 Å². The topological polar surface area (TPSA) is 52.9 Å². The lowest BCUT2D eigenvalue weighted by Crippen LogP contribution is -2.29. The van der Waals surface area contributed by atoms with Gasteiger partial charge in [-0.1, -0.05) is 12.1 Å². The molecule has 4 heteroatoms. The number of hydrogen-bond acceptors (Lipinski definition) is 3. The third-order valence-electron chi connectivity index (χ3n) is 4.09. The van der Waals surface area contributed by atoms with Crippen molar-refractivity contribution in [1.29, 1.82) is 0 Å². The molecule has 1 fully saturated rings. The molecular formula is C19H20N2O2. The van der Waals surface area contributed by atoms with E-state index in [-0.39, 0.29) is 5.56 Å². The summed E-state index contributed by atoms with van der Waals surface area (Å²) in [5.74, 6) is -0.922. The maximum atomic E-state index is 10.8. The zero-order valence-electron chi connectivity index (χ0n) is 13.0. The van der Waals surface area contributed by atoms with Crippen molar-refractivity contribution in [2.75, 3.05) is 18.0 Å². The van der Waals surface area contributed by atoms with Gasteiger partial charge in [0.1, 0.15) is 0 Å². The summed E-state index contributed by atoms with van der Waals surface area (Å²) in [5, 5.41) is 8.87. The average molecular weight is 308 g/mol. The molecule has 0 amide bonds. The molecule has 0 spiro atoms. The van der Waals surface area contributed by atoms with Gasteiger partial charge in [-0.25, -0.2) is 4.79 Å². The van der Waals surface area contributed by atoms with Crippen LogP contribution in [0.3, 0.4) is 0 Å². The van der Waals surface area contributed by atoms with E-state index < -0.39 is 5.97 Å². The summed E-state index contributed by atoms with van der Waals surface area (Å²) in [6, 6.07) is 15.0. The van der Waals surface area contributed by atoms with E-state index in [2.05, 4.69) is 34.2 Å². The van der Waals surface area contributed by atoms with Crippen molar-refractivity contribution in [1.82, 2.24) is 0 Å². The van der Waals surface area contributed by atoms with Crippen molar-refractivity contribution in [2.24, 2.45) is 4.99 Å². The second kappa shape index (κ2) is 7.09. The predicted molar refractivity (Wildman–Crippen MR) is 93.2 cm³/mol. The van der Waals surface area contributed by atoms with Crippen molar-refractivity contribution in [2.45, 2.75) is 19.3 Å². The highest BCUT2D eigenvalue weighted by atomic mass is 16.4. The van der Waals surface area contributed by atoms with Crippen LogP contribution in [0.2, 0.25) is 0 Å². The van der Waals surface area contributed by atoms with E-state index in [1.807, 2.05) is 0 Å². The Kier molecular flexibility index (Phi) is 4.71. The first kappa shape index (κ1) is 15.3. The summed E-state index contributed by atoms with van der Waals surface area (Å²) in [4.78, 5) is 17.6. The number of carboxylic acid groups (broad SMARTS) is 1. The minimum absolute atomic E-state index is 0.273. The van der Waals surface area contributed by atoms with Gasteiger partial charge in [-0.2, -0.15) is 0 Å². The number of aliphatic imine (C=N–C) groups is 1. The highest BCUT2D eigenvalue weighted by molar-refractivity contribution is 5.88. The van der Waals surface area contributed by atoms with E-state index in [1.54, 1.807) is 30.5 Å². The Balaban J connectivity index is 1.66. The second-order valence-electron chi connectivity index (χ2n) is 5.75. The normalized spacial score (nSPS) is 15.0. The molecule has 0 unspecified atom stereocenters. The number of piperidine rings is 1. The van der Waals surface area contributed by atoms with Crippen molar-refractivity contribution >= 4 is 23.6 Å². The lowest BCUT2D eigenvalue weighted by molar-refractivity contribution is 0.0697. The van der Waals surface area contributed by atoms with Gasteiger partial charge in [-0.05, 0) is 61.2 Å². The van der Waals surface area contributed by atoms with Crippen LogP contribution in [-0.2, 0) is 0 Å². The number of aromatic carboxylic acids is 1. The first-order valence-electron chi connectivity index (χ1n) is 7.95. The summed E-state index contributed by atoms with van der Waals surface area (Å²) in [6.45, 7) is 2.28. The molecule has 0 aliphatic carbocycles. The van der Waals surface area contributed by atoms with Crippen LogP contribution < -0.4 is 4.90 Å². The molecule has 4 nitrogen and oxygen atoms in total. The van der Waals surface area contributed by atoms with E-state index >= 15 is 0 Å². The first-order valence-corrected chi connectivity index (χ1v) is 7.95. The summed E-state index contributed by atoms with van der Waals surface area (Å²) in [7, 11) is 0. The fourth-order valence-electron chi connectivity index (χ4n) is 2.76. The van der Waals surface area contributed by atoms with E-state index in [4.69, 9.17) is 5.11 Å². The van der Waals surface area contributed by atoms with Crippen LogP contribution in [0.25, 0.3) is 0 Å². The van der Waals surface area contributed by atoms with Gasteiger partial charge in [0.15, 0.2) is 0 Å². The minimum atomic E-state index is -0.922. The summed E-state index contributed by atoms with van der Waals surface area (Å²) in [6.07, 6.45) is 5.68. The van der Waals surface area contributed by atoms with Crippen LogP contribution >= 0.6 is 0 Å². The van der Waals surface area contributed by atoms with Gasteiger partial charge in [0.05, 0.1) is 11.3 Å². The maximum absolute atomic E-state index is 10.8. The zero-order valence-corrected chi connectivity index (χ0v) is 13.0. The van der Waals surface area contributed by atoms with Gasteiger partial charge in [0.2, 0.25) is 0 Å². The number of anilines is 1. The lowest BCUT2D eigenvalue weighted by Gasteiger charge is -2.28. The molecule has 3 rings (SSSR count).